The molecule has 1 aliphatic rings. The van der Waals surface area contributed by atoms with E-state index in [1.54, 1.807) is 6.07 Å². The van der Waals surface area contributed by atoms with Gasteiger partial charge in [0.2, 0.25) is 0 Å². The Morgan fingerprint density at radius 1 is 1.24 bits per heavy atom. The molecule has 1 aromatic heterocycles. The molecule has 0 bridgehead atoms. The maximum Gasteiger partial charge on any atom is 0.125 e. The van der Waals surface area contributed by atoms with E-state index < -0.39 is 0 Å². The van der Waals surface area contributed by atoms with Crippen molar-refractivity contribution in [3.63, 3.8) is 0 Å². The second kappa shape index (κ2) is 4.42. The Hall–Kier alpha value is -0.870. The van der Waals surface area contributed by atoms with Crippen LogP contribution in [0.1, 0.15) is 24.5 Å². The fraction of sp³-hybridized carbons (Fsp3) is 0.385. The minimum atomic E-state index is -0.192. The average Bonchev–Trinajstić information content (AvgIpc) is 2.67. The van der Waals surface area contributed by atoms with Gasteiger partial charge in [-0.15, -0.1) is 0 Å². The normalized spacial score (nSPS) is 17.8. The molecule has 0 amide bonds. The predicted octanol–water partition coefficient (Wildman–Crippen LogP) is 3.54. The molecule has 90 valence electrons. The number of nitrogens with one attached hydrogen (secondary N) is 2. The average molecular weight is 297 g/mol. The maximum absolute atomic E-state index is 13.2. The SMILES string of the molecule is Fc1ccc2c(Br)c(C3CCNCC3)[nH]c2c1. The fourth-order valence-electron chi connectivity index (χ4n) is 2.55. The van der Waals surface area contributed by atoms with E-state index in [-0.39, 0.29) is 5.82 Å². The van der Waals surface area contributed by atoms with Gasteiger partial charge in [-0.05, 0) is 60.1 Å². The fourth-order valence-corrected chi connectivity index (χ4v) is 3.32. The van der Waals surface area contributed by atoms with E-state index in [1.807, 2.05) is 6.07 Å². The molecule has 0 aliphatic carbocycles. The standard InChI is InChI=1S/C13H14BrFN2/c14-12-10-2-1-9(15)7-11(10)17-13(12)8-3-5-16-6-4-8/h1-2,7-8,16-17H,3-6H2. The largest absolute Gasteiger partial charge is 0.357 e. The first-order chi connectivity index (χ1) is 8.25. The number of H-pyrrole nitrogens is 1. The van der Waals surface area contributed by atoms with Crippen LogP contribution < -0.4 is 5.32 Å². The molecule has 2 N–H and O–H groups in total. The molecule has 2 nitrogen and oxygen atoms in total. The quantitative estimate of drug-likeness (QED) is 0.828. The second-order valence-corrected chi connectivity index (χ2v) is 5.36. The lowest BCUT2D eigenvalue weighted by atomic mass is 9.95. The number of benzene rings is 1. The van der Waals surface area contributed by atoms with Crippen LogP contribution in [0.3, 0.4) is 0 Å². The van der Waals surface area contributed by atoms with Gasteiger partial charge in [0, 0.05) is 27.0 Å². The highest BCUT2D eigenvalue weighted by molar-refractivity contribution is 9.10. The van der Waals surface area contributed by atoms with Crippen LogP contribution in [-0.4, -0.2) is 18.1 Å². The highest BCUT2D eigenvalue weighted by Gasteiger charge is 2.20. The summed E-state index contributed by atoms with van der Waals surface area (Å²) in [5.41, 5.74) is 2.09. The van der Waals surface area contributed by atoms with Crippen molar-refractivity contribution < 1.29 is 4.39 Å². The van der Waals surface area contributed by atoms with E-state index in [0.717, 1.165) is 41.3 Å². The highest BCUT2D eigenvalue weighted by atomic mass is 79.9. The first-order valence-electron chi connectivity index (χ1n) is 5.93. The van der Waals surface area contributed by atoms with Gasteiger partial charge in [-0.1, -0.05) is 0 Å². The molecule has 1 aromatic carbocycles. The monoisotopic (exact) mass is 296 g/mol. The number of rotatable bonds is 1. The summed E-state index contributed by atoms with van der Waals surface area (Å²) < 4.78 is 14.3. The molecular weight excluding hydrogens is 283 g/mol. The molecule has 1 saturated heterocycles. The summed E-state index contributed by atoms with van der Waals surface area (Å²) in [6.07, 6.45) is 2.27. The first kappa shape index (κ1) is 11.2. The topological polar surface area (TPSA) is 27.8 Å². The number of halogens is 2. The lowest BCUT2D eigenvalue weighted by molar-refractivity contribution is 0.454. The van der Waals surface area contributed by atoms with Crippen molar-refractivity contribution in [2.75, 3.05) is 13.1 Å². The Kier molecular flexibility index (Phi) is 2.92. The van der Waals surface area contributed by atoms with Crippen molar-refractivity contribution in [1.82, 2.24) is 10.3 Å². The Balaban J connectivity index is 2.07. The molecule has 4 heteroatoms. The lowest BCUT2D eigenvalue weighted by Gasteiger charge is -2.22. The highest BCUT2D eigenvalue weighted by Crippen LogP contribution is 2.36. The Morgan fingerprint density at radius 2 is 2.00 bits per heavy atom. The Bertz CT molecular complexity index is 544. The van der Waals surface area contributed by atoms with Gasteiger partial charge in [-0.25, -0.2) is 4.39 Å². The molecule has 0 spiro atoms. The van der Waals surface area contributed by atoms with Crippen LogP contribution in [0.4, 0.5) is 4.39 Å². The maximum atomic E-state index is 13.2. The van der Waals surface area contributed by atoms with Crippen molar-refractivity contribution in [2.24, 2.45) is 0 Å². The van der Waals surface area contributed by atoms with Gasteiger partial charge in [-0.3, -0.25) is 0 Å². The van der Waals surface area contributed by atoms with Gasteiger partial charge in [0.05, 0.1) is 0 Å². The van der Waals surface area contributed by atoms with Crippen molar-refractivity contribution in [3.05, 3.63) is 34.2 Å². The van der Waals surface area contributed by atoms with Crippen molar-refractivity contribution >= 4 is 26.8 Å². The summed E-state index contributed by atoms with van der Waals surface area (Å²) in [5.74, 6) is 0.351. The Labute approximate surface area is 108 Å². The van der Waals surface area contributed by atoms with Gasteiger partial charge in [-0.2, -0.15) is 0 Å². The lowest BCUT2D eigenvalue weighted by Crippen LogP contribution is -2.26. The van der Waals surface area contributed by atoms with E-state index in [2.05, 4.69) is 26.2 Å². The minimum absolute atomic E-state index is 0.192. The second-order valence-electron chi connectivity index (χ2n) is 4.57. The third kappa shape index (κ3) is 2.00. The number of piperidine rings is 1. The van der Waals surface area contributed by atoms with Crippen LogP contribution in [-0.2, 0) is 0 Å². The number of aromatic amines is 1. The van der Waals surface area contributed by atoms with Crippen LogP contribution in [0.25, 0.3) is 10.9 Å². The molecular formula is C13H14BrFN2. The van der Waals surface area contributed by atoms with Crippen LogP contribution in [0.15, 0.2) is 22.7 Å². The summed E-state index contributed by atoms with van der Waals surface area (Å²) in [4.78, 5) is 3.36. The van der Waals surface area contributed by atoms with Crippen LogP contribution in [0.2, 0.25) is 0 Å². The number of hydrogen-bond acceptors (Lipinski definition) is 1. The van der Waals surface area contributed by atoms with Gasteiger partial charge < -0.3 is 10.3 Å². The van der Waals surface area contributed by atoms with E-state index in [9.17, 15) is 4.39 Å². The molecule has 1 fully saturated rings. The molecule has 17 heavy (non-hydrogen) atoms. The molecule has 2 heterocycles. The molecule has 0 saturated carbocycles. The molecule has 3 rings (SSSR count). The molecule has 0 radical (unpaired) electrons. The minimum Gasteiger partial charge on any atom is -0.357 e. The summed E-state index contributed by atoms with van der Waals surface area (Å²) in [6, 6.07) is 4.90. The third-order valence-corrected chi connectivity index (χ3v) is 4.33. The van der Waals surface area contributed by atoms with Gasteiger partial charge in [0.1, 0.15) is 5.82 Å². The zero-order valence-corrected chi connectivity index (χ0v) is 11.0. The number of hydrogen-bond donors (Lipinski definition) is 2. The zero-order chi connectivity index (χ0) is 11.8. The van der Waals surface area contributed by atoms with Crippen LogP contribution in [0.5, 0.6) is 0 Å². The summed E-state index contributed by atoms with van der Waals surface area (Å²) in [6.45, 7) is 2.11. The molecule has 1 aliphatic heterocycles. The smallest absolute Gasteiger partial charge is 0.125 e. The van der Waals surface area contributed by atoms with Crippen LogP contribution in [0, 0.1) is 5.82 Å². The summed E-state index contributed by atoms with van der Waals surface area (Å²) >= 11 is 3.64. The number of aromatic nitrogens is 1. The summed E-state index contributed by atoms with van der Waals surface area (Å²) in [5, 5.41) is 4.43. The summed E-state index contributed by atoms with van der Waals surface area (Å²) in [7, 11) is 0. The van der Waals surface area contributed by atoms with Gasteiger partial charge in [0.15, 0.2) is 0 Å². The first-order valence-corrected chi connectivity index (χ1v) is 6.72. The van der Waals surface area contributed by atoms with Crippen LogP contribution >= 0.6 is 15.9 Å². The van der Waals surface area contributed by atoms with Crippen molar-refractivity contribution in [1.29, 1.82) is 0 Å². The van der Waals surface area contributed by atoms with E-state index >= 15 is 0 Å². The predicted molar refractivity (Wildman–Crippen MR) is 70.8 cm³/mol. The van der Waals surface area contributed by atoms with E-state index in [0.29, 0.717) is 5.92 Å². The van der Waals surface area contributed by atoms with Crippen molar-refractivity contribution in [3.8, 4) is 0 Å². The molecule has 0 unspecified atom stereocenters. The van der Waals surface area contributed by atoms with E-state index in [1.165, 1.54) is 11.8 Å². The zero-order valence-electron chi connectivity index (χ0n) is 9.39. The van der Waals surface area contributed by atoms with Gasteiger partial charge >= 0.3 is 0 Å². The molecule has 0 atom stereocenters. The van der Waals surface area contributed by atoms with Gasteiger partial charge in [0.25, 0.3) is 0 Å². The van der Waals surface area contributed by atoms with Crippen molar-refractivity contribution in [2.45, 2.75) is 18.8 Å². The Morgan fingerprint density at radius 3 is 2.76 bits per heavy atom. The number of fused-ring (bicyclic) bond motifs is 1. The third-order valence-electron chi connectivity index (χ3n) is 3.47. The van der Waals surface area contributed by atoms with E-state index in [4.69, 9.17) is 0 Å². The molecule has 2 aromatic rings.